The summed E-state index contributed by atoms with van der Waals surface area (Å²) in [6.07, 6.45) is 2.60. The summed E-state index contributed by atoms with van der Waals surface area (Å²) in [6.45, 7) is 1.74. The first-order chi connectivity index (χ1) is 8.63. The van der Waals surface area contributed by atoms with Crippen LogP contribution in [0.3, 0.4) is 0 Å². The molecule has 1 aliphatic carbocycles. The number of aryl methyl sites for hydroxylation is 1. The van der Waals surface area contributed by atoms with Gasteiger partial charge in [0.2, 0.25) is 0 Å². The quantitative estimate of drug-likeness (QED) is 0.320. The van der Waals surface area contributed by atoms with Crippen molar-refractivity contribution in [2.45, 2.75) is 32.2 Å². The molecule has 0 spiro atoms. The Morgan fingerprint density at radius 2 is 2.39 bits per heavy atom. The van der Waals surface area contributed by atoms with Gasteiger partial charge in [-0.05, 0) is 31.3 Å². The number of aromatic nitrogens is 2. The predicted octanol–water partition coefficient (Wildman–Crippen LogP) is 0.491. The van der Waals surface area contributed by atoms with Gasteiger partial charge in [-0.1, -0.05) is 16.1 Å². The van der Waals surface area contributed by atoms with E-state index in [1.165, 1.54) is 0 Å². The summed E-state index contributed by atoms with van der Waals surface area (Å²) < 4.78 is 3.73. The summed E-state index contributed by atoms with van der Waals surface area (Å²) >= 11 is 1.07. The molecule has 1 aliphatic rings. The van der Waals surface area contributed by atoms with E-state index in [2.05, 4.69) is 20.1 Å². The van der Waals surface area contributed by atoms with Crippen molar-refractivity contribution < 1.29 is 10.0 Å². The molecule has 98 valence electrons. The van der Waals surface area contributed by atoms with Crippen LogP contribution in [0, 0.1) is 12.8 Å². The van der Waals surface area contributed by atoms with Gasteiger partial charge in [-0.25, -0.2) is 0 Å². The smallest absolute Gasteiger partial charge is 0.265 e. The van der Waals surface area contributed by atoms with Crippen molar-refractivity contribution >= 4 is 23.3 Å². The molecule has 1 fully saturated rings. The molecule has 2 rings (SSSR count). The van der Waals surface area contributed by atoms with Crippen molar-refractivity contribution in [3.8, 4) is 0 Å². The van der Waals surface area contributed by atoms with Gasteiger partial charge >= 0.3 is 0 Å². The van der Waals surface area contributed by atoms with E-state index in [9.17, 15) is 4.79 Å². The van der Waals surface area contributed by atoms with Crippen LogP contribution in [-0.4, -0.2) is 32.6 Å². The van der Waals surface area contributed by atoms with E-state index >= 15 is 0 Å². The molecule has 1 amide bonds. The number of nitrogens with one attached hydrogen (secondary N) is 1. The number of hydrogen-bond donors (Lipinski definition) is 3. The summed E-state index contributed by atoms with van der Waals surface area (Å²) in [5.74, 6) is -0.109. The monoisotopic (exact) mass is 269 g/mol. The zero-order valence-electron chi connectivity index (χ0n) is 9.96. The van der Waals surface area contributed by atoms with Crippen LogP contribution in [0.15, 0.2) is 5.16 Å². The minimum absolute atomic E-state index is 0.0881. The number of carbonyl (C=O) groups is 1. The number of carbonyl (C=O) groups excluding carboxylic acids is 1. The number of amidine groups is 1. The first kappa shape index (κ1) is 12.7. The van der Waals surface area contributed by atoms with Crippen molar-refractivity contribution in [1.82, 2.24) is 14.9 Å². The molecule has 1 saturated carbocycles. The highest BCUT2D eigenvalue weighted by atomic mass is 32.1. The Morgan fingerprint density at radius 3 is 3.00 bits per heavy atom. The van der Waals surface area contributed by atoms with Crippen LogP contribution in [0.1, 0.15) is 34.6 Å². The zero-order valence-corrected chi connectivity index (χ0v) is 10.8. The minimum Gasteiger partial charge on any atom is -0.409 e. The largest absolute Gasteiger partial charge is 0.409 e. The van der Waals surface area contributed by atoms with E-state index < -0.39 is 0 Å². The molecule has 0 aromatic carbocycles. The minimum atomic E-state index is -0.190. The maximum atomic E-state index is 12.0. The first-order valence-electron chi connectivity index (χ1n) is 5.70. The molecule has 1 aromatic rings. The summed E-state index contributed by atoms with van der Waals surface area (Å²) in [6, 6.07) is -0.0881. The summed E-state index contributed by atoms with van der Waals surface area (Å²) in [5, 5.41) is 18.4. The first-order valence-corrected chi connectivity index (χ1v) is 6.48. The molecule has 18 heavy (non-hydrogen) atoms. The number of nitrogens with zero attached hydrogens (tertiary/aromatic N) is 3. The van der Waals surface area contributed by atoms with Crippen LogP contribution in [0.2, 0.25) is 0 Å². The lowest BCUT2D eigenvalue weighted by molar-refractivity contribution is 0.0936. The maximum Gasteiger partial charge on any atom is 0.265 e. The SMILES string of the molecule is Cc1nnsc1C(=O)NC1CCCC1C(N)=NO. The lowest BCUT2D eigenvalue weighted by Gasteiger charge is -2.19. The third-order valence-electron chi connectivity index (χ3n) is 3.19. The average molecular weight is 269 g/mol. The number of amides is 1. The van der Waals surface area contributed by atoms with E-state index in [-0.39, 0.29) is 23.7 Å². The Bertz CT molecular complexity index is 473. The van der Waals surface area contributed by atoms with Gasteiger partial charge in [0.1, 0.15) is 10.7 Å². The number of hydrogen-bond acceptors (Lipinski definition) is 6. The van der Waals surface area contributed by atoms with Crippen LogP contribution in [-0.2, 0) is 0 Å². The Morgan fingerprint density at radius 1 is 1.61 bits per heavy atom. The fraction of sp³-hybridized carbons (Fsp3) is 0.600. The van der Waals surface area contributed by atoms with Crippen LogP contribution in [0.25, 0.3) is 0 Å². The van der Waals surface area contributed by atoms with Crippen LogP contribution in [0.4, 0.5) is 0 Å². The van der Waals surface area contributed by atoms with E-state index in [0.29, 0.717) is 10.6 Å². The van der Waals surface area contributed by atoms with E-state index in [4.69, 9.17) is 10.9 Å². The average Bonchev–Trinajstić information content (AvgIpc) is 2.97. The molecule has 0 radical (unpaired) electrons. The van der Waals surface area contributed by atoms with E-state index in [1.54, 1.807) is 6.92 Å². The van der Waals surface area contributed by atoms with Gasteiger partial charge in [0.15, 0.2) is 0 Å². The predicted molar refractivity (Wildman–Crippen MR) is 66.7 cm³/mol. The lowest BCUT2D eigenvalue weighted by atomic mass is 10.0. The second-order valence-corrected chi connectivity index (χ2v) is 5.08. The molecule has 1 aromatic heterocycles. The molecule has 2 unspecified atom stereocenters. The molecular formula is C10H15N5O2S. The summed E-state index contributed by atoms with van der Waals surface area (Å²) in [4.78, 5) is 12.5. The molecule has 0 saturated heterocycles. The molecular weight excluding hydrogens is 254 g/mol. The van der Waals surface area contributed by atoms with Crippen molar-refractivity contribution in [2.24, 2.45) is 16.8 Å². The highest BCUT2D eigenvalue weighted by Gasteiger charge is 2.32. The Labute approximate surface area is 108 Å². The second-order valence-electron chi connectivity index (χ2n) is 4.33. The molecule has 4 N–H and O–H groups in total. The number of oxime groups is 1. The summed E-state index contributed by atoms with van der Waals surface area (Å²) in [7, 11) is 0. The standard InChI is InChI=1S/C10H15N5O2S/c1-5-8(18-15-13-5)10(16)12-7-4-2-3-6(7)9(11)14-17/h6-7,17H,2-4H2,1H3,(H2,11,14)(H,12,16). The Hall–Kier alpha value is -1.70. The lowest BCUT2D eigenvalue weighted by Crippen LogP contribution is -2.42. The Kier molecular flexibility index (Phi) is 3.75. The number of nitrogens with two attached hydrogens (primary N) is 1. The third kappa shape index (κ3) is 2.42. The van der Waals surface area contributed by atoms with Gasteiger partial charge in [-0.15, -0.1) is 5.10 Å². The van der Waals surface area contributed by atoms with Crippen molar-refractivity contribution in [3.05, 3.63) is 10.6 Å². The van der Waals surface area contributed by atoms with E-state index in [1.807, 2.05) is 0 Å². The molecule has 1 heterocycles. The van der Waals surface area contributed by atoms with Crippen LogP contribution < -0.4 is 11.1 Å². The highest BCUT2D eigenvalue weighted by Crippen LogP contribution is 2.26. The summed E-state index contributed by atoms with van der Waals surface area (Å²) in [5.41, 5.74) is 6.24. The maximum absolute atomic E-state index is 12.0. The van der Waals surface area contributed by atoms with Crippen LogP contribution in [0.5, 0.6) is 0 Å². The van der Waals surface area contributed by atoms with Gasteiger partial charge in [-0.2, -0.15) is 0 Å². The van der Waals surface area contributed by atoms with Gasteiger partial charge in [-0.3, -0.25) is 4.79 Å². The number of rotatable bonds is 3. The van der Waals surface area contributed by atoms with Crippen molar-refractivity contribution in [1.29, 1.82) is 0 Å². The molecule has 8 heteroatoms. The second kappa shape index (κ2) is 5.30. The molecule has 0 bridgehead atoms. The zero-order chi connectivity index (χ0) is 13.1. The highest BCUT2D eigenvalue weighted by molar-refractivity contribution is 7.08. The van der Waals surface area contributed by atoms with Crippen molar-refractivity contribution in [3.63, 3.8) is 0 Å². The molecule has 7 nitrogen and oxygen atoms in total. The Balaban J connectivity index is 2.05. The van der Waals surface area contributed by atoms with Gasteiger partial charge < -0.3 is 16.3 Å². The molecule has 2 atom stereocenters. The normalized spacial score (nSPS) is 24.2. The topological polar surface area (TPSA) is 113 Å². The van der Waals surface area contributed by atoms with Gasteiger partial charge in [0.05, 0.1) is 5.69 Å². The van der Waals surface area contributed by atoms with Crippen LogP contribution >= 0.6 is 11.5 Å². The fourth-order valence-electron chi connectivity index (χ4n) is 2.23. The van der Waals surface area contributed by atoms with Crippen molar-refractivity contribution in [2.75, 3.05) is 0 Å². The fourth-order valence-corrected chi connectivity index (χ4v) is 2.79. The van der Waals surface area contributed by atoms with Gasteiger partial charge in [0, 0.05) is 12.0 Å². The van der Waals surface area contributed by atoms with E-state index in [0.717, 1.165) is 30.8 Å². The third-order valence-corrected chi connectivity index (χ3v) is 4.01. The van der Waals surface area contributed by atoms with Gasteiger partial charge in [0.25, 0.3) is 5.91 Å². The molecule has 0 aliphatic heterocycles.